The summed E-state index contributed by atoms with van der Waals surface area (Å²) < 4.78 is 5.36. The van der Waals surface area contributed by atoms with Crippen molar-refractivity contribution in [3.05, 3.63) is 29.8 Å². The van der Waals surface area contributed by atoms with E-state index in [-0.39, 0.29) is 11.8 Å². The average Bonchev–Trinajstić information content (AvgIpc) is 3.30. The number of likely N-dealkylation sites (tertiary alicyclic amines) is 1. The molecule has 2 fully saturated rings. The summed E-state index contributed by atoms with van der Waals surface area (Å²) in [5, 5.41) is 0. The molecule has 0 saturated carbocycles. The number of hydrogen-bond acceptors (Lipinski definition) is 4. The van der Waals surface area contributed by atoms with E-state index in [0.29, 0.717) is 45.8 Å². The van der Waals surface area contributed by atoms with Crippen LogP contribution in [0.3, 0.4) is 0 Å². The number of fused-ring (bicyclic) bond motifs is 1. The largest absolute Gasteiger partial charge is 0.378 e. The Balaban J connectivity index is 1.40. The van der Waals surface area contributed by atoms with Crippen LogP contribution in [0.15, 0.2) is 24.3 Å². The second-order valence-corrected chi connectivity index (χ2v) is 7.94. The zero-order valence-electron chi connectivity index (χ0n) is 16.2. The van der Waals surface area contributed by atoms with Gasteiger partial charge in [-0.1, -0.05) is 18.2 Å². The lowest BCUT2D eigenvalue weighted by Crippen LogP contribution is -2.58. The summed E-state index contributed by atoms with van der Waals surface area (Å²) >= 11 is 0. The predicted molar refractivity (Wildman–Crippen MR) is 104 cm³/mol. The first-order valence-corrected chi connectivity index (χ1v) is 10.1. The highest BCUT2D eigenvalue weighted by Gasteiger charge is 2.47. The molecule has 1 aromatic carbocycles. The third-order valence-corrected chi connectivity index (χ3v) is 6.28. The van der Waals surface area contributed by atoms with Gasteiger partial charge in [-0.25, -0.2) is 0 Å². The summed E-state index contributed by atoms with van der Waals surface area (Å²) in [7, 11) is 0. The normalized spacial score (nSPS) is 25.0. The van der Waals surface area contributed by atoms with Crippen LogP contribution in [0.4, 0.5) is 5.69 Å². The van der Waals surface area contributed by atoms with Crippen molar-refractivity contribution < 1.29 is 14.3 Å². The fourth-order valence-electron chi connectivity index (χ4n) is 4.70. The second kappa shape index (κ2) is 7.50. The predicted octanol–water partition coefficient (Wildman–Crippen LogP) is 1.68. The molecule has 1 atom stereocenters. The van der Waals surface area contributed by atoms with Crippen molar-refractivity contribution >= 4 is 17.5 Å². The van der Waals surface area contributed by atoms with Crippen LogP contribution in [-0.4, -0.2) is 73.1 Å². The number of ether oxygens (including phenoxy) is 1. The molecule has 0 spiro atoms. The molecular weight excluding hydrogens is 342 g/mol. The van der Waals surface area contributed by atoms with Crippen molar-refractivity contribution in [3.63, 3.8) is 0 Å². The lowest BCUT2D eigenvalue weighted by Gasteiger charge is -2.39. The van der Waals surface area contributed by atoms with Crippen molar-refractivity contribution in [1.29, 1.82) is 0 Å². The third-order valence-electron chi connectivity index (χ3n) is 6.28. The molecule has 3 aliphatic rings. The number of morpholine rings is 1. The Morgan fingerprint density at radius 3 is 2.70 bits per heavy atom. The molecule has 6 nitrogen and oxygen atoms in total. The molecule has 3 aliphatic heterocycles. The van der Waals surface area contributed by atoms with Gasteiger partial charge >= 0.3 is 0 Å². The molecule has 0 radical (unpaired) electrons. The van der Waals surface area contributed by atoms with Crippen molar-refractivity contribution in [1.82, 2.24) is 9.80 Å². The van der Waals surface area contributed by atoms with E-state index in [1.54, 1.807) is 0 Å². The summed E-state index contributed by atoms with van der Waals surface area (Å²) in [6.07, 6.45) is 3.15. The monoisotopic (exact) mass is 371 g/mol. The molecule has 2 saturated heterocycles. The van der Waals surface area contributed by atoms with Gasteiger partial charge in [0.1, 0.15) is 5.54 Å². The summed E-state index contributed by atoms with van der Waals surface area (Å²) in [4.78, 5) is 32.2. The summed E-state index contributed by atoms with van der Waals surface area (Å²) in [6, 6.07) is 8.42. The van der Waals surface area contributed by atoms with E-state index < -0.39 is 5.54 Å². The maximum absolute atomic E-state index is 13.1. The first-order chi connectivity index (χ1) is 13.1. The Morgan fingerprint density at radius 1 is 1.11 bits per heavy atom. The van der Waals surface area contributed by atoms with Gasteiger partial charge in [0.25, 0.3) is 0 Å². The molecule has 1 aromatic rings. The minimum absolute atomic E-state index is 0.0863. The molecule has 0 aliphatic carbocycles. The van der Waals surface area contributed by atoms with Crippen LogP contribution in [0.2, 0.25) is 0 Å². The molecule has 0 unspecified atom stereocenters. The Bertz CT molecular complexity index is 716. The van der Waals surface area contributed by atoms with Crippen molar-refractivity contribution in [2.24, 2.45) is 0 Å². The van der Waals surface area contributed by atoms with E-state index in [4.69, 9.17) is 4.74 Å². The number of carbonyl (C=O) groups is 2. The van der Waals surface area contributed by atoms with Gasteiger partial charge in [0.2, 0.25) is 11.8 Å². The average molecular weight is 371 g/mol. The molecule has 4 rings (SSSR count). The van der Waals surface area contributed by atoms with Crippen LogP contribution in [0, 0.1) is 0 Å². The number of benzene rings is 1. The van der Waals surface area contributed by atoms with E-state index in [1.165, 1.54) is 11.3 Å². The van der Waals surface area contributed by atoms with Crippen molar-refractivity contribution in [2.75, 3.05) is 50.8 Å². The van der Waals surface area contributed by atoms with E-state index in [1.807, 2.05) is 16.7 Å². The lowest BCUT2D eigenvalue weighted by atomic mass is 9.96. The zero-order valence-corrected chi connectivity index (χ0v) is 16.2. The minimum Gasteiger partial charge on any atom is -0.378 e. The number of amides is 2. The lowest BCUT2D eigenvalue weighted by molar-refractivity contribution is -0.153. The number of carbonyl (C=O) groups excluding carboxylic acids is 2. The molecule has 3 heterocycles. The van der Waals surface area contributed by atoms with Gasteiger partial charge in [0, 0.05) is 44.8 Å². The Labute approximate surface area is 161 Å². The van der Waals surface area contributed by atoms with Crippen LogP contribution in [-0.2, 0) is 20.7 Å². The van der Waals surface area contributed by atoms with Crippen molar-refractivity contribution in [2.45, 2.75) is 38.1 Å². The van der Waals surface area contributed by atoms with Gasteiger partial charge in [-0.05, 0) is 37.8 Å². The highest BCUT2D eigenvalue weighted by atomic mass is 16.5. The number of nitrogens with zero attached hydrogens (tertiary/aromatic N) is 3. The molecule has 27 heavy (non-hydrogen) atoms. The molecule has 0 bridgehead atoms. The number of rotatable bonds is 4. The molecular formula is C21H29N3O3. The third kappa shape index (κ3) is 3.43. The summed E-state index contributed by atoms with van der Waals surface area (Å²) in [6.45, 7) is 6.74. The first-order valence-electron chi connectivity index (χ1n) is 10.1. The first kappa shape index (κ1) is 18.3. The van der Waals surface area contributed by atoms with Crippen molar-refractivity contribution in [3.8, 4) is 0 Å². The molecule has 6 heteroatoms. The van der Waals surface area contributed by atoms with Gasteiger partial charge in [-0.2, -0.15) is 0 Å². The fourth-order valence-corrected chi connectivity index (χ4v) is 4.70. The quantitative estimate of drug-likeness (QED) is 0.808. The zero-order chi connectivity index (χ0) is 18.9. The van der Waals surface area contributed by atoms with E-state index in [2.05, 4.69) is 29.2 Å². The number of anilines is 1. The molecule has 0 N–H and O–H groups in total. The Kier molecular flexibility index (Phi) is 5.08. The molecule has 146 valence electrons. The van der Waals surface area contributed by atoms with Crippen LogP contribution in [0.1, 0.15) is 31.7 Å². The summed E-state index contributed by atoms with van der Waals surface area (Å²) in [5.41, 5.74) is 1.91. The number of para-hydroxylation sites is 1. The number of hydrogen-bond donors (Lipinski definition) is 0. The van der Waals surface area contributed by atoms with Crippen LogP contribution in [0.5, 0.6) is 0 Å². The SMILES string of the molecule is C[C@@]1(C(=O)N2CCOCC2)CCCN1C(=O)CCN1CCc2ccccc21. The van der Waals surface area contributed by atoms with E-state index in [0.717, 1.165) is 25.8 Å². The Hall–Kier alpha value is -2.08. The highest BCUT2D eigenvalue weighted by molar-refractivity contribution is 5.92. The summed E-state index contributed by atoms with van der Waals surface area (Å²) in [5.74, 6) is 0.184. The minimum atomic E-state index is -0.697. The topological polar surface area (TPSA) is 53.1 Å². The van der Waals surface area contributed by atoms with Gasteiger partial charge in [0.05, 0.1) is 13.2 Å². The highest BCUT2D eigenvalue weighted by Crippen LogP contribution is 2.33. The standard InChI is InChI=1S/C21H29N3O3/c1-21(20(26)23-13-15-27-16-14-23)9-4-10-24(21)19(25)8-12-22-11-7-17-5-2-3-6-18(17)22/h2-3,5-6H,4,7-16H2,1H3/t21-/m0/s1. The van der Waals surface area contributed by atoms with Gasteiger partial charge in [0.15, 0.2) is 0 Å². The molecule has 2 amide bonds. The van der Waals surface area contributed by atoms with Gasteiger partial charge in [-0.15, -0.1) is 0 Å². The maximum Gasteiger partial charge on any atom is 0.248 e. The fraction of sp³-hybridized carbons (Fsp3) is 0.619. The van der Waals surface area contributed by atoms with Crippen LogP contribution in [0.25, 0.3) is 0 Å². The molecule has 0 aromatic heterocycles. The van der Waals surface area contributed by atoms with Gasteiger partial charge < -0.3 is 19.4 Å². The second-order valence-electron chi connectivity index (χ2n) is 7.94. The maximum atomic E-state index is 13.1. The Morgan fingerprint density at radius 2 is 1.89 bits per heavy atom. The van der Waals surface area contributed by atoms with E-state index >= 15 is 0 Å². The van der Waals surface area contributed by atoms with E-state index in [9.17, 15) is 9.59 Å². The smallest absolute Gasteiger partial charge is 0.248 e. The van der Waals surface area contributed by atoms with Crippen LogP contribution < -0.4 is 4.90 Å². The van der Waals surface area contributed by atoms with Crippen LogP contribution >= 0.6 is 0 Å². The van der Waals surface area contributed by atoms with Gasteiger partial charge in [-0.3, -0.25) is 9.59 Å².